The van der Waals surface area contributed by atoms with Crippen molar-refractivity contribution in [2.75, 3.05) is 6.61 Å². The molecule has 0 saturated carbocycles. The van der Waals surface area contributed by atoms with Gasteiger partial charge in [-0.15, -0.1) is 10.2 Å². The number of hydrogen-bond donors (Lipinski definition) is 0. The van der Waals surface area contributed by atoms with Crippen LogP contribution in [-0.4, -0.2) is 27.8 Å². The highest BCUT2D eigenvalue weighted by atomic mass is 35.5. The molecule has 5 nitrogen and oxygen atoms in total. The third-order valence-electron chi connectivity index (χ3n) is 1.75. The van der Waals surface area contributed by atoms with E-state index in [0.717, 1.165) is 5.03 Å². The second-order valence-electron chi connectivity index (χ2n) is 3.01. The van der Waals surface area contributed by atoms with E-state index in [1.54, 1.807) is 25.3 Å². The van der Waals surface area contributed by atoms with Gasteiger partial charge in [0, 0.05) is 6.20 Å². The molecule has 0 amide bonds. The van der Waals surface area contributed by atoms with Crippen molar-refractivity contribution in [3.63, 3.8) is 0 Å². The van der Waals surface area contributed by atoms with Crippen LogP contribution < -0.4 is 0 Å². The minimum atomic E-state index is -0.453. The number of aromatic nitrogens is 3. The highest BCUT2D eigenvalue weighted by Crippen LogP contribution is 2.29. The van der Waals surface area contributed by atoms with E-state index in [4.69, 9.17) is 16.3 Å². The van der Waals surface area contributed by atoms with Crippen LogP contribution in [0.1, 0.15) is 16.7 Å². The van der Waals surface area contributed by atoms with E-state index in [-0.39, 0.29) is 5.01 Å². The minimum Gasteiger partial charge on any atom is -0.461 e. The van der Waals surface area contributed by atoms with Crippen LogP contribution in [0.4, 0.5) is 0 Å². The van der Waals surface area contributed by atoms with Crippen molar-refractivity contribution in [1.82, 2.24) is 15.2 Å². The van der Waals surface area contributed by atoms with Crippen LogP contribution in [0.15, 0.2) is 27.7 Å². The van der Waals surface area contributed by atoms with Crippen LogP contribution in [0.5, 0.6) is 0 Å². The molecule has 0 saturated heterocycles. The van der Waals surface area contributed by atoms with Crippen LogP contribution >= 0.6 is 34.7 Å². The molecule has 94 valence electrons. The number of nitrogens with zero attached hydrogens (tertiary/aromatic N) is 3. The van der Waals surface area contributed by atoms with Gasteiger partial charge < -0.3 is 4.74 Å². The van der Waals surface area contributed by atoms with Crippen LogP contribution in [0, 0.1) is 0 Å². The van der Waals surface area contributed by atoms with Gasteiger partial charge in [-0.25, -0.2) is 9.78 Å². The van der Waals surface area contributed by atoms with Crippen molar-refractivity contribution >= 4 is 40.7 Å². The molecule has 2 rings (SSSR count). The van der Waals surface area contributed by atoms with Crippen molar-refractivity contribution in [2.45, 2.75) is 16.3 Å². The number of ether oxygens (including phenoxy) is 1. The first-order valence-electron chi connectivity index (χ1n) is 4.99. The summed E-state index contributed by atoms with van der Waals surface area (Å²) in [5.41, 5.74) is 0. The highest BCUT2D eigenvalue weighted by molar-refractivity contribution is 8.01. The molecule has 0 aromatic carbocycles. The first-order valence-corrected chi connectivity index (χ1v) is 7.00. The Morgan fingerprint density at radius 1 is 1.50 bits per heavy atom. The predicted molar refractivity (Wildman–Crippen MR) is 69.2 cm³/mol. The summed E-state index contributed by atoms with van der Waals surface area (Å²) in [6, 6.07) is 3.52. The van der Waals surface area contributed by atoms with Crippen molar-refractivity contribution in [2.24, 2.45) is 0 Å². The summed E-state index contributed by atoms with van der Waals surface area (Å²) < 4.78 is 5.47. The second-order valence-corrected chi connectivity index (χ2v) is 5.69. The average molecular weight is 302 g/mol. The topological polar surface area (TPSA) is 65.0 Å². The van der Waals surface area contributed by atoms with Gasteiger partial charge in [-0.3, -0.25) is 0 Å². The lowest BCUT2D eigenvalue weighted by Gasteiger charge is -1.95. The fraction of sp³-hybridized carbons (Fsp3) is 0.200. The maximum absolute atomic E-state index is 11.4. The van der Waals surface area contributed by atoms with Gasteiger partial charge in [-0.05, 0) is 30.8 Å². The quantitative estimate of drug-likeness (QED) is 0.809. The Bertz CT molecular complexity index is 544. The number of hydrogen-bond acceptors (Lipinski definition) is 7. The standard InChI is InChI=1S/C10H8ClN3O2S2/c1-2-16-9(15)8-13-14-10(18-8)17-7-4-3-6(11)5-12-7/h3-5H,2H2,1H3. The molecule has 2 heterocycles. The van der Waals surface area contributed by atoms with E-state index in [0.29, 0.717) is 16.0 Å². The van der Waals surface area contributed by atoms with Gasteiger partial charge in [0.1, 0.15) is 5.03 Å². The van der Waals surface area contributed by atoms with Crippen molar-refractivity contribution < 1.29 is 9.53 Å². The van der Waals surface area contributed by atoms with E-state index >= 15 is 0 Å². The SMILES string of the molecule is CCOC(=O)c1nnc(Sc2ccc(Cl)cn2)s1. The summed E-state index contributed by atoms with van der Waals surface area (Å²) in [6.07, 6.45) is 1.55. The molecule has 0 fully saturated rings. The number of rotatable bonds is 4. The third-order valence-corrected chi connectivity index (χ3v) is 3.88. The van der Waals surface area contributed by atoms with Crippen LogP contribution in [0.25, 0.3) is 0 Å². The zero-order valence-corrected chi connectivity index (χ0v) is 11.7. The fourth-order valence-corrected chi connectivity index (χ4v) is 2.78. The summed E-state index contributed by atoms with van der Waals surface area (Å²) in [4.78, 5) is 15.5. The summed E-state index contributed by atoms with van der Waals surface area (Å²) in [5.74, 6) is -0.453. The lowest BCUT2D eigenvalue weighted by Crippen LogP contribution is -2.03. The van der Waals surface area contributed by atoms with Gasteiger partial charge in [0.15, 0.2) is 4.34 Å². The molecule has 0 aliphatic carbocycles. The van der Waals surface area contributed by atoms with Crippen molar-refractivity contribution in [3.8, 4) is 0 Å². The van der Waals surface area contributed by atoms with Crippen LogP contribution in [0.3, 0.4) is 0 Å². The summed E-state index contributed by atoms with van der Waals surface area (Å²) >= 11 is 8.23. The Hall–Kier alpha value is -1.18. The summed E-state index contributed by atoms with van der Waals surface area (Å²) in [5, 5.41) is 9.22. The van der Waals surface area contributed by atoms with E-state index < -0.39 is 5.97 Å². The predicted octanol–water partition coefficient (Wildman–Crippen LogP) is 2.91. The smallest absolute Gasteiger partial charge is 0.369 e. The minimum absolute atomic E-state index is 0.244. The molecule has 0 radical (unpaired) electrons. The monoisotopic (exact) mass is 301 g/mol. The molecule has 0 atom stereocenters. The Morgan fingerprint density at radius 3 is 3.00 bits per heavy atom. The largest absolute Gasteiger partial charge is 0.461 e. The Labute approximate surface area is 117 Å². The lowest BCUT2D eigenvalue weighted by atomic mass is 10.5. The third kappa shape index (κ3) is 3.41. The van der Waals surface area contributed by atoms with Crippen molar-refractivity contribution in [3.05, 3.63) is 28.4 Å². The molecule has 2 aromatic rings. The molecule has 0 bridgehead atoms. The zero-order chi connectivity index (χ0) is 13.0. The molecule has 0 aliphatic rings. The molecule has 0 unspecified atom stereocenters. The van der Waals surface area contributed by atoms with E-state index in [9.17, 15) is 4.79 Å². The van der Waals surface area contributed by atoms with Gasteiger partial charge in [-0.1, -0.05) is 22.9 Å². The number of pyridine rings is 1. The Kier molecular flexibility index (Phi) is 4.51. The maximum atomic E-state index is 11.4. The average Bonchev–Trinajstić information content (AvgIpc) is 2.81. The Balaban J connectivity index is 2.06. The number of carbonyl (C=O) groups is 1. The van der Waals surface area contributed by atoms with Gasteiger partial charge in [-0.2, -0.15) is 0 Å². The number of carbonyl (C=O) groups excluding carboxylic acids is 1. The van der Waals surface area contributed by atoms with Crippen molar-refractivity contribution in [1.29, 1.82) is 0 Å². The summed E-state index contributed by atoms with van der Waals surface area (Å²) in [6.45, 7) is 2.06. The molecule has 0 spiro atoms. The number of halogens is 1. The molecule has 0 N–H and O–H groups in total. The first-order chi connectivity index (χ1) is 8.69. The van der Waals surface area contributed by atoms with Gasteiger partial charge >= 0.3 is 5.97 Å². The van der Waals surface area contributed by atoms with Gasteiger partial charge in [0.2, 0.25) is 5.01 Å². The maximum Gasteiger partial charge on any atom is 0.369 e. The highest BCUT2D eigenvalue weighted by Gasteiger charge is 2.14. The van der Waals surface area contributed by atoms with E-state index in [2.05, 4.69) is 15.2 Å². The number of esters is 1. The van der Waals surface area contributed by atoms with E-state index in [1.165, 1.54) is 23.1 Å². The summed E-state index contributed by atoms with van der Waals surface area (Å²) in [7, 11) is 0. The van der Waals surface area contributed by atoms with E-state index in [1.807, 2.05) is 0 Å². The van der Waals surface area contributed by atoms with Gasteiger partial charge in [0.25, 0.3) is 0 Å². The molecule has 18 heavy (non-hydrogen) atoms. The molecule has 8 heteroatoms. The first kappa shape index (κ1) is 13.3. The molecular weight excluding hydrogens is 294 g/mol. The fourth-order valence-electron chi connectivity index (χ4n) is 1.04. The zero-order valence-electron chi connectivity index (χ0n) is 9.29. The van der Waals surface area contributed by atoms with Crippen LogP contribution in [-0.2, 0) is 4.74 Å². The van der Waals surface area contributed by atoms with Crippen LogP contribution in [0.2, 0.25) is 5.02 Å². The molecular formula is C10H8ClN3O2S2. The molecule has 0 aliphatic heterocycles. The normalized spacial score (nSPS) is 10.3. The van der Waals surface area contributed by atoms with Gasteiger partial charge in [0.05, 0.1) is 11.6 Å². The Morgan fingerprint density at radius 2 is 2.33 bits per heavy atom. The lowest BCUT2D eigenvalue weighted by molar-refractivity contribution is 0.0525. The molecule has 2 aromatic heterocycles. The second kappa shape index (κ2) is 6.12.